The zero-order valence-electron chi connectivity index (χ0n) is 14.8. The summed E-state index contributed by atoms with van der Waals surface area (Å²) in [6.45, 7) is 7.29. The molecule has 2 fully saturated rings. The molecule has 0 unspecified atom stereocenters. The highest BCUT2D eigenvalue weighted by Crippen LogP contribution is 2.27. The van der Waals surface area contributed by atoms with Gasteiger partial charge in [-0.05, 0) is 38.5 Å². The minimum Gasteiger partial charge on any atom is -0.354 e. The van der Waals surface area contributed by atoms with E-state index < -0.39 is 0 Å². The molecule has 24 heavy (non-hydrogen) atoms. The molecule has 2 N–H and O–H groups in total. The van der Waals surface area contributed by atoms with Crippen LogP contribution in [0.1, 0.15) is 18.4 Å². The first-order chi connectivity index (χ1) is 11.7. The molecule has 2 saturated heterocycles. The van der Waals surface area contributed by atoms with Gasteiger partial charge in [0.1, 0.15) is 0 Å². The number of piperidine rings is 1. The lowest BCUT2D eigenvalue weighted by molar-refractivity contribution is -0.121. The number of hydrogen-bond acceptors (Lipinski definition) is 4. The van der Waals surface area contributed by atoms with Crippen molar-refractivity contribution >= 4 is 5.91 Å². The summed E-state index contributed by atoms with van der Waals surface area (Å²) >= 11 is 0. The van der Waals surface area contributed by atoms with Crippen molar-refractivity contribution in [3.8, 4) is 0 Å². The molecule has 5 nitrogen and oxygen atoms in total. The van der Waals surface area contributed by atoms with E-state index in [0.29, 0.717) is 6.42 Å². The number of nitrogens with zero attached hydrogens (tertiary/aromatic N) is 2. The highest BCUT2D eigenvalue weighted by Gasteiger charge is 2.39. The first-order valence-corrected chi connectivity index (χ1v) is 9.13. The van der Waals surface area contributed by atoms with Crippen molar-refractivity contribution in [2.75, 3.05) is 52.9 Å². The van der Waals surface area contributed by atoms with Crippen molar-refractivity contribution in [3.63, 3.8) is 0 Å². The minimum atomic E-state index is 0.124. The van der Waals surface area contributed by atoms with E-state index in [1.165, 1.54) is 0 Å². The molecule has 1 amide bonds. The Bertz CT molecular complexity index is 519. The molecule has 0 atom stereocenters. The summed E-state index contributed by atoms with van der Waals surface area (Å²) in [4.78, 5) is 17.4. The number of rotatable bonds is 5. The molecule has 1 aromatic rings. The molecule has 0 saturated carbocycles. The van der Waals surface area contributed by atoms with Crippen LogP contribution in [0.2, 0.25) is 0 Å². The molecule has 5 heteroatoms. The van der Waals surface area contributed by atoms with E-state index in [0.717, 1.165) is 64.2 Å². The van der Waals surface area contributed by atoms with Gasteiger partial charge in [0.05, 0.1) is 6.42 Å². The van der Waals surface area contributed by atoms with Crippen molar-refractivity contribution in [2.45, 2.75) is 24.8 Å². The van der Waals surface area contributed by atoms with Crippen molar-refractivity contribution in [2.24, 2.45) is 0 Å². The van der Waals surface area contributed by atoms with Crippen molar-refractivity contribution in [1.82, 2.24) is 20.4 Å². The fourth-order valence-electron chi connectivity index (χ4n) is 3.88. The maximum atomic E-state index is 12.4. The highest BCUT2D eigenvalue weighted by atomic mass is 16.1. The standard InChI is InChI=1S/C19H30N4O/c1-22-11-13-23(14-12-22)19(7-9-20-10-8-19)16-21-18(24)15-17-5-3-2-4-6-17/h2-6,20H,7-16H2,1H3,(H,21,24). The predicted octanol–water partition coefficient (Wildman–Crippen LogP) is 0.715. The molecule has 132 valence electrons. The van der Waals surface area contributed by atoms with Crippen LogP contribution in [0.3, 0.4) is 0 Å². The maximum Gasteiger partial charge on any atom is 0.224 e. The van der Waals surface area contributed by atoms with Crippen molar-refractivity contribution in [1.29, 1.82) is 0 Å². The fraction of sp³-hybridized carbons (Fsp3) is 0.632. The lowest BCUT2D eigenvalue weighted by Crippen LogP contribution is -2.64. The van der Waals surface area contributed by atoms with Crippen molar-refractivity contribution < 1.29 is 4.79 Å². The summed E-state index contributed by atoms with van der Waals surface area (Å²) < 4.78 is 0. The summed E-state index contributed by atoms with van der Waals surface area (Å²) in [5.41, 5.74) is 1.20. The van der Waals surface area contributed by atoms with Gasteiger partial charge in [0.2, 0.25) is 5.91 Å². The largest absolute Gasteiger partial charge is 0.354 e. The first kappa shape index (κ1) is 17.4. The molecular weight excluding hydrogens is 300 g/mol. The average Bonchev–Trinajstić information content (AvgIpc) is 2.62. The van der Waals surface area contributed by atoms with Gasteiger partial charge in [-0.15, -0.1) is 0 Å². The lowest BCUT2D eigenvalue weighted by atomic mass is 9.85. The maximum absolute atomic E-state index is 12.4. The normalized spacial score (nSPS) is 22.2. The Balaban J connectivity index is 1.59. The number of piperazine rings is 1. The summed E-state index contributed by atoms with van der Waals surface area (Å²) in [6, 6.07) is 9.99. The molecule has 0 spiro atoms. The monoisotopic (exact) mass is 330 g/mol. The molecular formula is C19H30N4O. The van der Waals surface area contributed by atoms with Gasteiger partial charge in [0.25, 0.3) is 0 Å². The first-order valence-electron chi connectivity index (χ1n) is 9.13. The third kappa shape index (κ3) is 4.35. The summed E-state index contributed by atoms with van der Waals surface area (Å²) in [5.74, 6) is 0.133. The summed E-state index contributed by atoms with van der Waals surface area (Å²) in [5, 5.41) is 6.69. The van der Waals surface area contributed by atoms with Crippen LogP contribution in [0.5, 0.6) is 0 Å². The SMILES string of the molecule is CN1CCN(C2(CNC(=O)Cc3ccccc3)CCNCC2)CC1. The van der Waals surface area contributed by atoms with Crippen LogP contribution in [0.25, 0.3) is 0 Å². The molecule has 3 rings (SSSR count). The van der Waals surface area contributed by atoms with Crippen LogP contribution < -0.4 is 10.6 Å². The van der Waals surface area contributed by atoms with Gasteiger partial charge < -0.3 is 15.5 Å². The number of likely N-dealkylation sites (N-methyl/N-ethyl adjacent to an activating group) is 1. The zero-order chi connectivity index (χ0) is 16.8. The van der Waals surface area contributed by atoms with Crippen LogP contribution >= 0.6 is 0 Å². The van der Waals surface area contributed by atoms with E-state index in [4.69, 9.17) is 0 Å². The third-order valence-electron chi connectivity index (χ3n) is 5.53. The highest BCUT2D eigenvalue weighted by molar-refractivity contribution is 5.78. The van der Waals surface area contributed by atoms with Crippen LogP contribution in [-0.4, -0.2) is 74.1 Å². The van der Waals surface area contributed by atoms with E-state index in [1.54, 1.807) is 0 Å². The van der Waals surface area contributed by atoms with Gasteiger partial charge in [0, 0.05) is 38.3 Å². The molecule has 2 heterocycles. The van der Waals surface area contributed by atoms with Crippen LogP contribution in [0.15, 0.2) is 30.3 Å². The summed E-state index contributed by atoms with van der Waals surface area (Å²) in [7, 11) is 2.19. The topological polar surface area (TPSA) is 47.6 Å². The third-order valence-corrected chi connectivity index (χ3v) is 5.53. The van der Waals surface area contributed by atoms with E-state index in [-0.39, 0.29) is 11.4 Å². The molecule has 0 radical (unpaired) electrons. The number of hydrogen-bond donors (Lipinski definition) is 2. The van der Waals surface area contributed by atoms with Crippen LogP contribution in [0, 0.1) is 0 Å². The number of amides is 1. The van der Waals surface area contributed by atoms with Gasteiger partial charge in [-0.25, -0.2) is 0 Å². The average molecular weight is 330 g/mol. The van der Waals surface area contributed by atoms with Crippen molar-refractivity contribution in [3.05, 3.63) is 35.9 Å². The molecule has 0 aromatic heterocycles. The molecule has 2 aliphatic rings. The van der Waals surface area contributed by atoms with Crippen LogP contribution in [0.4, 0.5) is 0 Å². The molecule has 1 aromatic carbocycles. The van der Waals surface area contributed by atoms with E-state index in [2.05, 4.69) is 27.5 Å². The Kier molecular flexibility index (Phi) is 5.87. The quantitative estimate of drug-likeness (QED) is 0.835. The van der Waals surface area contributed by atoms with Gasteiger partial charge in [-0.2, -0.15) is 0 Å². The van der Waals surface area contributed by atoms with Gasteiger partial charge in [0.15, 0.2) is 0 Å². The molecule has 0 aliphatic carbocycles. The zero-order valence-corrected chi connectivity index (χ0v) is 14.8. The van der Waals surface area contributed by atoms with E-state index in [1.807, 2.05) is 30.3 Å². The Morgan fingerprint density at radius 1 is 1.12 bits per heavy atom. The second-order valence-corrected chi connectivity index (χ2v) is 7.20. The summed E-state index contributed by atoms with van der Waals surface area (Å²) in [6.07, 6.45) is 2.70. The Hall–Kier alpha value is -1.43. The Labute approximate surface area is 145 Å². The van der Waals surface area contributed by atoms with Gasteiger partial charge in [-0.1, -0.05) is 30.3 Å². The second-order valence-electron chi connectivity index (χ2n) is 7.20. The smallest absolute Gasteiger partial charge is 0.224 e. The second kappa shape index (κ2) is 8.10. The van der Waals surface area contributed by atoms with Gasteiger partial charge >= 0.3 is 0 Å². The predicted molar refractivity (Wildman–Crippen MR) is 97.1 cm³/mol. The van der Waals surface area contributed by atoms with E-state index in [9.17, 15) is 4.79 Å². The molecule has 0 bridgehead atoms. The lowest BCUT2D eigenvalue weighted by Gasteiger charge is -2.49. The van der Waals surface area contributed by atoms with Gasteiger partial charge in [-0.3, -0.25) is 9.69 Å². The number of carbonyl (C=O) groups excluding carboxylic acids is 1. The Morgan fingerprint density at radius 2 is 1.79 bits per heavy atom. The fourth-order valence-corrected chi connectivity index (χ4v) is 3.88. The minimum absolute atomic E-state index is 0.124. The Morgan fingerprint density at radius 3 is 2.46 bits per heavy atom. The van der Waals surface area contributed by atoms with Crippen LogP contribution in [-0.2, 0) is 11.2 Å². The van der Waals surface area contributed by atoms with E-state index >= 15 is 0 Å². The number of nitrogens with one attached hydrogen (secondary N) is 2. The number of carbonyl (C=O) groups is 1. The molecule has 2 aliphatic heterocycles. The number of benzene rings is 1.